The van der Waals surface area contributed by atoms with Gasteiger partial charge in [-0.15, -0.1) is 0 Å². The van der Waals surface area contributed by atoms with Gasteiger partial charge in [0.1, 0.15) is 0 Å². The van der Waals surface area contributed by atoms with Crippen molar-refractivity contribution >= 4 is 0 Å². The number of hydrogen-bond acceptors (Lipinski definition) is 3. The smallest absolute Gasteiger partial charge is 0.0611 e. The molecule has 0 saturated carbocycles. The third-order valence-corrected chi connectivity index (χ3v) is 4.22. The lowest BCUT2D eigenvalue weighted by Gasteiger charge is -2.42. The Morgan fingerprint density at radius 2 is 1.89 bits per heavy atom. The van der Waals surface area contributed by atoms with E-state index < -0.39 is 0 Å². The van der Waals surface area contributed by atoms with Crippen LogP contribution in [0.3, 0.4) is 0 Å². The minimum Gasteiger partial charge on any atom is -0.394 e. The van der Waals surface area contributed by atoms with Crippen molar-refractivity contribution in [2.45, 2.75) is 59.0 Å². The summed E-state index contributed by atoms with van der Waals surface area (Å²) in [4.78, 5) is 2.60. The number of aliphatic hydroxyl groups excluding tert-OH is 1. The van der Waals surface area contributed by atoms with Crippen molar-refractivity contribution in [3.05, 3.63) is 0 Å². The molecular formula is C15H32N2O. The Labute approximate surface area is 113 Å². The van der Waals surface area contributed by atoms with E-state index in [2.05, 4.69) is 44.8 Å². The first kappa shape index (κ1) is 15.9. The fourth-order valence-corrected chi connectivity index (χ4v) is 3.47. The van der Waals surface area contributed by atoms with Crippen LogP contribution < -0.4 is 5.32 Å². The standard InChI is InChI=1S/C15H32N2O/c1-6-16-15(5,11-18)8-14(4)17-9-12(2)7-13(3)10-17/h12-14,16,18H,6-11H2,1-5H3. The molecule has 0 spiro atoms. The van der Waals surface area contributed by atoms with E-state index >= 15 is 0 Å². The summed E-state index contributed by atoms with van der Waals surface area (Å²) in [6.07, 6.45) is 2.37. The van der Waals surface area contributed by atoms with Crippen LogP contribution in [0.5, 0.6) is 0 Å². The number of likely N-dealkylation sites (tertiary alicyclic amines) is 1. The molecule has 0 amide bonds. The van der Waals surface area contributed by atoms with Crippen molar-refractivity contribution in [2.24, 2.45) is 11.8 Å². The van der Waals surface area contributed by atoms with Gasteiger partial charge in [0.25, 0.3) is 0 Å². The lowest BCUT2D eigenvalue weighted by atomic mass is 9.88. The van der Waals surface area contributed by atoms with Crippen LogP contribution >= 0.6 is 0 Å². The van der Waals surface area contributed by atoms with E-state index in [0.717, 1.165) is 24.8 Å². The zero-order valence-corrected chi connectivity index (χ0v) is 12.9. The summed E-state index contributed by atoms with van der Waals surface area (Å²) in [5, 5.41) is 13.0. The number of piperidine rings is 1. The van der Waals surface area contributed by atoms with Crippen molar-refractivity contribution in [2.75, 3.05) is 26.2 Å². The summed E-state index contributed by atoms with van der Waals surface area (Å²) >= 11 is 0. The van der Waals surface area contributed by atoms with Gasteiger partial charge in [-0.1, -0.05) is 20.8 Å². The maximum absolute atomic E-state index is 9.59. The van der Waals surface area contributed by atoms with Gasteiger partial charge in [-0.25, -0.2) is 0 Å². The van der Waals surface area contributed by atoms with Crippen molar-refractivity contribution in [1.82, 2.24) is 10.2 Å². The van der Waals surface area contributed by atoms with Crippen molar-refractivity contribution < 1.29 is 5.11 Å². The predicted molar refractivity (Wildman–Crippen MR) is 77.8 cm³/mol. The van der Waals surface area contributed by atoms with E-state index in [1.165, 1.54) is 19.5 Å². The Balaban J connectivity index is 2.55. The Kier molecular flexibility index (Phi) is 6.09. The van der Waals surface area contributed by atoms with Crippen LogP contribution in [-0.4, -0.2) is 47.8 Å². The second kappa shape index (κ2) is 6.88. The zero-order valence-electron chi connectivity index (χ0n) is 12.9. The molecule has 1 aliphatic heterocycles. The molecule has 1 fully saturated rings. The third kappa shape index (κ3) is 4.52. The van der Waals surface area contributed by atoms with Gasteiger partial charge in [-0.3, -0.25) is 0 Å². The van der Waals surface area contributed by atoms with E-state index in [0.29, 0.717) is 6.04 Å². The second-order valence-corrected chi connectivity index (χ2v) is 6.70. The average molecular weight is 256 g/mol. The normalized spacial score (nSPS) is 31.0. The van der Waals surface area contributed by atoms with Gasteiger partial charge in [0.05, 0.1) is 6.61 Å². The molecule has 3 nitrogen and oxygen atoms in total. The maximum Gasteiger partial charge on any atom is 0.0611 e. The monoisotopic (exact) mass is 256 g/mol. The van der Waals surface area contributed by atoms with E-state index in [-0.39, 0.29) is 12.1 Å². The molecule has 1 rings (SSSR count). The summed E-state index contributed by atoms with van der Waals surface area (Å²) in [6, 6.07) is 0.534. The molecule has 0 radical (unpaired) electrons. The topological polar surface area (TPSA) is 35.5 Å². The molecule has 108 valence electrons. The highest BCUT2D eigenvalue weighted by Crippen LogP contribution is 2.25. The quantitative estimate of drug-likeness (QED) is 0.764. The largest absolute Gasteiger partial charge is 0.394 e. The van der Waals surface area contributed by atoms with E-state index in [1.54, 1.807) is 0 Å². The summed E-state index contributed by atoms with van der Waals surface area (Å²) in [5.74, 6) is 1.60. The summed E-state index contributed by atoms with van der Waals surface area (Å²) in [5.41, 5.74) is -0.141. The van der Waals surface area contributed by atoms with Crippen LogP contribution in [-0.2, 0) is 0 Å². The van der Waals surface area contributed by atoms with Gasteiger partial charge in [0.2, 0.25) is 0 Å². The van der Waals surface area contributed by atoms with E-state index in [1.807, 2.05) is 0 Å². The van der Waals surface area contributed by atoms with Crippen LogP contribution in [0.25, 0.3) is 0 Å². The molecular weight excluding hydrogens is 224 g/mol. The number of aliphatic hydroxyl groups is 1. The average Bonchev–Trinajstić information content (AvgIpc) is 2.28. The number of rotatable bonds is 6. The fourth-order valence-electron chi connectivity index (χ4n) is 3.47. The maximum atomic E-state index is 9.59. The fraction of sp³-hybridized carbons (Fsp3) is 1.00. The molecule has 0 aromatic rings. The number of nitrogens with zero attached hydrogens (tertiary/aromatic N) is 1. The summed E-state index contributed by atoms with van der Waals surface area (Å²) in [7, 11) is 0. The molecule has 2 N–H and O–H groups in total. The molecule has 0 aliphatic carbocycles. The molecule has 18 heavy (non-hydrogen) atoms. The highest BCUT2D eigenvalue weighted by atomic mass is 16.3. The zero-order chi connectivity index (χ0) is 13.8. The van der Waals surface area contributed by atoms with Gasteiger partial charge < -0.3 is 15.3 Å². The highest BCUT2D eigenvalue weighted by molar-refractivity contribution is 4.88. The molecule has 4 atom stereocenters. The van der Waals surface area contributed by atoms with Crippen LogP contribution in [0.15, 0.2) is 0 Å². The molecule has 0 bridgehead atoms. The van der Waals surface area contributed by atoms with Crippen LogP contribution in [0, 0.1) is 11.8 Å². The Morgan fingerprint density at radius 3 is 2.33 bits per heavy atom. The number of nitrogens with one attached hydrogen (secondary N) is 1. The van der Waals surface area contributed by atoms with Gasteiger partial charge in [-0.2, -0.15) is 0 Å². The SMILES string of the molecule is CCNC(C)(CO)CC(C)N1CC(C)CC(C)C1. The van der Waals surface area contributed by atoms with Crippen molar-refractivity contribution in [3.63, 3.8) is 0 Å². The molecule has 1 heterocycles. The number of hydrogen-bond donors (Lipinski definition) is 2. The van der Waals surface area contributed by atoms with E-state index in [4.69, 9.17) is 0 Å². The Morgan fingerprint density at radius 1 is 1.33 bits per heavy atom. The first-order valence-electron chi connectivity index (χ1n) is 7.50. The first-order valence-corrected chi connectivity index (χ1v) is 7.50. The van der Waals surface area contributed by atoms with Crippen molar-refractivity contribution in [1.29, 1.82) is 0 Å². The van der Waals surface area contributed by atoms with Gasteiger partial charge in [-0.05, 0) is 45.1 Å². The summed E-state index contributed by atoms with van der Waals surface area (Å²) in [6.45, 7) is 14.8. The van der Waals surface area contributed by atoms with Crippen molar-refractivity contribution in [3.8, 4) is 0 Å². The van der Waals surface area contributed by atoms with E-state index in [9.17, 15) is 5.11 Å². The van der Waals surface area contributed by atoms with Crippen LogP contribution in [0.4, 0.5) is 0 Å². The molecule has 4 unspecified atom stereocenters. The lowest BCUT2D eigenvalue weighted by Crippen LogP contribution is -2.52. The molecule has 1 saturated heterocycles. The minimum atomic E-state index is -0.141. The molecule has 0 aromatic carbocycles. The molecule has 1 aliphatic rings. The number of likely N-dealkylation sites (N-methyl/N-ethyl adjacent to an activating group) is 1. The van der Waals surface area contributed by atoms with Gasteiger partial charge >= 0.3 is 0 Å². The third-order valence-electron chi connectivity index (χ3n) is 4.22. The Bertz CT molecular complexity index is 237. The lowest BCUT2D eigenvalue weighted by molar-refractivity contribution is 0.0689. The highest BCUT2D eigenvalue weighted by Gasteiger charge is 2.30. The van der Waals surface area contributed by atoms with Gasteiger partial charge in [0.15, 0.2) is 0 Å². The predicted octanol–water partition coefficient (Wildman–Crippen LogP) is 2.10. The van der Waals surface area contributed by atoms with Crippen LogP contribution in [0.2, 0.25) is 0 Å². The first-order chi connectivity index (χ1) is 8.40. The van der Waals surface area contributed by atoms with Gasteiger partial charge in [0, 0.05) is 24.7 Å². The minimum absolute atomic E-state index is 0.141. The Hall–Kier alpha value is -0.120. The second-order valence-electron chi connectivity index (χ2n) is 6.70. The molecule has 3 heteroatoms. The van der Waals surface area contributed by atoms with Crippen LogP contribution in [0.1, 0.15) is 47.5 Å². The molecule has 0 aromatic heterocycles. The summed E-state index contributed by atoms with van der Waals surface area (Å²) < 4.78 is 0.